The topological polar surface area (TPSA) is 64.0 Å². The maximum atomic E-state index is 13.1. The van der Waals surface area contributed by atoms with Crippen molar-refractivity contribution in [2.24, 2.45) is 0 Å². The average molecular weight is 327 g/mol. The summed E-state index contributed by atoms with van der Waals surface area (Å²) in [6.45, 7) is 5.22. The molecule has 1 rings (SSSR count). The minimum atomic E-state index is -4.58. The molecular weight excluding hydrogens is 307 g/mol. The Hall–Kier alpha value is -1.09. The molecule has 122 valence electrons. The number of alkyl halides is 3. The number of halogens is 3. The molecule has 1 N–H and O–H groups in total. The smallest absolute Gasteiger partial charge is 0.308 e. The summed E-state index contributed by atoms with van der Waals surface area (Å²) in [5.41, 5.74) is -1.23. The lowest BCUT2D eigenvalue weighted by Crippen LogP contribution is -2.35. The van der Waals surface area contributed by atoms with E-state index in [0.717, 1.165) is 12.5 Å². The van der Waals surface area contributed by atoms with E-state index < -0.39 is 21.7 Å². The van der Waals surface area contributed by atoms with Crippen molar-refractivity contribution in [2.45, 2.75) is 45.6 Å². The lowest BCUT2D eigenvalue weighted by atomic mass is 10.1. The highest BCUT2D eigenvalue weighted by atomic mass is 32.2. The van der Waals surface area contributed by atoms with E-state index in [4.69, 9.17) is 0 Å². The average Bonchev–Trinajstić information content (AvgIpc) is 2.64. The van der Waals surface area contributed by atoms with Crippen LogP contribution in [0.3, 0.4) is 0 Å². The number of aryl methyl sites for hydroxylation is 1. The molecule has 0 atom stereocenters. The van der Waals surface area contributed by atoms with E-state index in [1.807, 2.05) is 20.8 Å². The molecule has 0 aliphatic carbocycles. The highest BCUT2D eigenvalue weighted by Crippen LogP contribution is 2.32. The molecule has 0 bridgehead atoms. The van der Waals surface area contributed by atoms with Gasteiger partial charge in [0, 0.05) is 23.9 Å². The molecule has 1 heterocycles. The molecule has 0 aliphatic heterocycles. The summed E-state index contributed by atoms with van der Waals surface area (Å²) in [6.07, 6.45) is -2.47. The Morgan fingerprint density at radius 3 is 2.29 bits per heavy atom. The summed E-state index contributed by atoms with van der Waals surface area (Å²) in [4.78, 5) is 0. The van der Waals surface area contributed by atoms with Crippen molar-refractivity contribution in [1.29, 1.82) is 0 Å². The Kier molecular flexibility index (Phi) is 5.09. The van der Waals surface area contributed by atoms with Gasteiger partial charge in [-0.2, -0.15) is 18.3 Å². The Bertz CT molecular complexity index is 586. The fraction of sp³-hybridized carbons (Fsp3) is 0.750. The third-order valence-corrected chi connectivity index (χ3v) is 3.59. The van der Waals surface area contributed by atoms with Gasteiger partial charge in [0.2, 0.25) is 0 Å². The number of nitrogens with zero attached hydrogens (tertiary/aromatic N) is 2. The van der Waals surface area contributed by atoms with Gasteiger partial charge in [-0.05, 0) is 20.8 Å². The largest absolute Gasteiger partial charge is 0.433 e. The molecule has 0 saturated carbocycles. The van der Waals surface area contributed by atoms with Crippen molar-refractivity contribution in [3.63, 3.8) is 0 Å². The summed E-state index contributed by atoms with van der Waals surface area (Å²) in [5.74, 6) is -0.385. The molecule has 1 aromatic heterocycles. The van der Waals surface area contributed by atoms with Crippen LogP contribution in [0.4, 0.5) is 13.2 Å². The molecule has 1 aromatic rings. The summed E-state index contributed by atoms with van der Waals surface area (Å²) in [5, 5.41) is 6.64. The van der Waals surface area contributed by atoms with Crippen LogP contribution >= 0.6 is 0 Å². The predicted molar refractivity (Wildman–Crippen MR) is 73.5 cm³/mol. The lowest BCUT2D eigenvalue weighted by Gasteiger charge is -2.21. The fourth-order valence-corrected chi connectivity index (χ4v) is 2.17. The van der Waals surface area contributed by atoms with Gasteiger partial charge < -0.3 is 5.32 Å². The summed E-state index contributed by atoms with van der Waals surface area (Å²) < 4.78 is 62.3. The van der Waals surface area contributed by atoms with E-state index in [1.54, 1.807) is 0 Å². The van der Waals surface area contributed by atoms with Crippen LogP contribution in [0.2, 0.25) is 0 Å². The Morgan fingerprint density at radius 2 is 1.86 bits per heavy atom. The number of hydrogen-bond donors (Lipinski definition) is 1. The Labute approximate surface area is 122 Å². The van der Waals surface area contributed by atoms with Gasteiger partial charge in [-0.3, -0.25) is 4.68 Å². The van der Waals surface area contributed by atoms with Gasteiger partial charge in [0.05, 0.1) is 18.5 Å². The van der Waals surface area contributed by atoms with Crippen LogP contribution in [-0.4, -0.2) is 35.7 Å². The number of aromatic nitrogens is 2. The van der Waals surface area contributed by atoms with Crippen molar-refractivity contribution in [3.8, 4) is 0 Å². The molecule has 0 aromatic carbocycles. The minimum Gasteiger partial charge on any atom is -0.308 e. The van der Waals surface area contributed by atoms with Crippen LogP contribution in [0.5, 0.6) is 0 Å². The molecule has 0 spiro atoms. The van der Waals surface area contributed by atoms with E-state index in [2.05, 4.69) is 10.4 Å². The highest BCUT2D eigenvalue weighted by Gasteiger charge is 2.38. The first kappa shape index (κ1) is 18.0. The first-order chi connectivity index (χ1) is 9.30. The van der Waals surface area contributed by atoms with Crippen LogP contribution in [0.25, 0.3) is 0 Å². The van der Waals surface area contributed by atoms with Crippen molar-refractivity contribution < 1.29 is 21.6 Å². The molecule has 0 aliphatic rings. The second kappa shape index (κ2) is 5.96. The summed E-state index contributed by atoms with van der Waals surface area (Å²) >= 11 is 0. The third kappa shape index (κ3) is 6.04. The molecule has 0 unspecified atom stereocenters. The molecular formula is C12H20F3N3O2S. The maximum Gasteiger partial charge on any atom is 0.433 e. The van der Waals surface area contributed by atoms with Gasteiger partial charge in [0.1, 0.15) is 15.5 Å². The van der Waals surface area contributed by atoms with E-state index in [-0.39, 0.29) is 29.9 Å². The molecule has 0 saturated heterocycles. The zero-order chi connectivity index (χ0) is 16.5. The van der Waals surface area contributed by atoms with Crippen molar-refractivity contribution in [2.75, 3.05) is 12.0 Å². The fourth-order valence-electron chi connectivity index (χ4n) is 1.66. The van der Waals surface area contributed by atoms with Crippen LogP contribution in [-0.2, 0) is 29.1 Å². The predicted octanol–water partition coefficient (Wildman–Crippen LogP) is 1.83. The van der Waals surface area contributed by atoms with Crippen molar-refractivity contribution in [3.05, 3.63) is 17.5 Å². The van der Waals surface area contributed by atoms with Gasteiger partial charge in [0.15, 0.2) is 0 Å². The quantitative estimate of drug-likeness (QED) is 0.896. The molecule has 0 amide bonds. The van der Waals surface area contributed by atoms with Gasteiger partial charge in [-0.25, -0.2) is 8.42 Å². The summed E-state index contributed by atoms with van der Waals surface area (Å²) in [6, 6.07) is 0. The molecule has 5 nitrogen and oxygen atoms in total. The third-order valence-electron chi connectivity index (χ3n) is 2.67. The number of nitrogens with one attached hydrogen (secondary N) is 1. The zero-order valence-electron chi connectivity index (χ0n) is 12.5. The minimum absolute atomic E-state index is 0.00549. The van der Waals surface area contributed by atoms with Crippen LogP contribution in [0.1, 0.15) is 32.0 Å². The lowest BCUT2D eigenvalue weighted by molar-refractivity contribution is -0.144. The second-order valence-electron chi connectivity index (χ2n) is 5.97. The molecule has 0 fully saturated rings. The van der Waals surface area contributed by atoms with E-state index >= 15 is 0 Å². The number of rotatable bonds is 5. The zero-order valence-corrected chi connectivity index (χ0v) is 13.3. The highest BCUT2D eigenvalue weighted by molar-refractivity contribution is 7.90. The summed E-state index contributed by atoms with van der Waals surface area (Å²) in [7, 11) is -3.35. The Morgan fingerprint density at radius 1 is 1.29 bits per heavy atom. The van der Waals surface area contributed by atoms with E-state index in [9.17, 15) is 21.6 Å². The van der Waals surface area contributed by atoms with E-state index in [1.165, 1.54) is 0 Å². The van der Waals surface area contributed by atoms with Crippen LogP contribution in [0.15, 0.2) is 6.20 Å². The first-order valence-corrected chi connectivity index (χ1v) is 8.40. The maximum absolute atomic E-state index is 13.1. The second-order valence-corrected chi connectivity index (χ2v) is 8.23. The van der Waals surface area contributed by atoms with Gasteiger partial charge in [0.25, 0.3) is 0 Å². The molecule has 0 radical (unpaired) electrons. The first-order valence-electron chi connectivity index (χ1n) is 6.34. The number of hydrogen-bond acceptors (Lipinski definition) is 4. The van der Waals surface area contributed by atoms with Crippen molar-refractivity contribution in [1.82, 2.24) is 15.1 Å². The standard InChI is InChI=1S/C12H20F3N3O2S/c1-11(2,3)16-7-9-8-17-18(5-6-21(4,19)20)10(9)12(13,14)15/h8,16H,5-7H2,1-4H3. The monoisotopic (exact) mass is 327 g/mol. The van der Waals surface area contributed by atoms with Gasteiger partial charge >= 0.3 is 6.18 Å². The van der Waals surface area contributed by atoms with Gasteiger partial charge in [-0.15, -0.1) is 0 Å². The van der Waals surface area contributed by atoms with E-state index in [0.29, 0.717) is 4.68 Å². The van der Waals surface area contributed by atoms with Crippen LogP contribution < -0.4 is 5.32 Å². The molecule has 9 heteroatoms. The number of sulfone groups is 1. The normalized spacial score (nSPS) is 13.7. The Balaban J connectivity index is 3.03. The van der Waals surface area contributed by atoms with Gasteiger partial charge in [-0.1, -0.05) is 0 Å². The van der Waals surface area contributed by atoms with Crippen molar-refractivity contribution >= 4 is 9.84 Å². The SMILES string of the molecule is CC(C)(C)NCc1cnn(CCS(C)(=O)=O)c1C(F)(F)F. The van der Waals surface area contributed by atoms with Crippen LogP contribution in [0, 0.1) is 0 Å². The molecule has 21 heavy (non-hydrogen) atoms.